The Morgan fingerprint density at radius 3 is 2.47 bits per heavy atom. The smallest absolute Gasteiger partial charge is 0.157 e. The molecule has 0 fully saturated rings. The lowest BCUT2D eigenvalue weighted by molar-refractivity contribution is 0.627. The molecule has 3 nitrogen and oxygen atoms in total. The molecule has 0 unspecified atom stereocenters. The molecule has 0 amide bonds. The van der Waals surface area contributed by atoms with Crippen molar-refractivity contribution in [1.29, 1.82) is 0 Å². The van der Waals surface area contributed by atoms with Gasteiger partial charge in [-0.25, -0.2) is 4.39 Å². The van der Waals surface area contributed by atoms with Crippen LogP contribution in [0.5, 0.6) is 0 Å². The van der Waals surface area contributed by atoms with Gasteiger partial charge in [0, 0.05) is 11.3 Å². The molecule has 2 aromatic rings. The van der Waals surface area contributed by atoms with Gasteiger partial charge in [-0.2, -0.15) is 5.10 Å². The number of para-hydroxylation sites is 1. The number of hydrogen-bond acceptors (Lipinski definition) is 2. The van der Waals surface area contributed by atoms with E-state index < -0.39 is 0 Å². The van der Waals surface area contributed by atoms with Crippen LogP contribution in [0.2, 0.25) is 0 Å². The zero-order chi connectivity index (χ0) is 12.1. The summed E-state index contributed by atoms with van der Waals surface area (Å²) >= 11 is 0. The third kappa shape index (κ3) is 2.81. The zero-order valence-corrected chi connectivity index (χ0v) is 9.10. The van der Waals surface area contributed by atoms with E-state index in [1.54, 1.807) is 12.1 Å². The van der Waals surface area contributed by atoms with Crippen LogP contribution in [0.1, 0.15) is 5.56 Å². The summed E-state index contributed by atoms with van der Waals surface area (Å²) < 4.78 is 13.1. The summed E-state index contributed by atoms with van der Waals surface area (Å²) in [7, 11) is 0. The quantitative estimate of drug-likeness (QED) is 0.360. The number of nitrogens with one attached hydrogen (secondary N) is 1. The van der Waals surface area contributed by atoms with Crippen LogP contribution in [0.25, 0.3) is 0 Å². The van der Waals surface area contributed by atoms with Crippen molar-refractivity contribution in [2.45, 2.75) is 0 Å². The molecule has 0 aliphatic rings. The maximum atomic E-state index is 13.1. The average Bonchev–Trinajstić information content (AvgIpc) is 2.37. The fourth-order valence-corrected chi connectivity index (χ4v) is 1.47. The summed E-state index contributed by atoms with van der Waals surface area (Å²) in [6, 6.07) is 15.6. The second-order valence-corrected chi connectivity index (χ2v) is 3.48. The molecular weight excluding hydrogens is 217 g/mol. The molecule has 0 saturated heterocycles. The van der Waals surface area contributed by atoms with Gasteiger partial charge in [0.15, 0.2) is 5.84 Å². The van der Waals surface area contributed by atoms with Gasteiger partial charge < -0.3 is 11.2 Å². The van der Waals surface area contributed by atoms with Crippen LogP contribution in [-0.2, 0) is 0 Å². The minimum atomic E-state index is -0.321. The van der Waals surface area contributed by atoms with E-state index in [-0.39, 0.29) is 5.82 Å². The molecule has 0 heterocycles. The maximum Gasteiger partial charge on any atom is 0.157 e. The molecule has 17 heavy (non-hydrogen) atoms. The van der Waals surface area contributed by atoms with Gasteiger partial charge >= 0.3 is 0 Å². The normalized spacial score (nSPS) is 11.2. The second-order valence-electron chi connectivity index (χ2n) is 3.48. The SMILES string of the molecule is N/N=C(\Nc1ccccc1)c1cccc(F)c1. The van der Waals surface area contributed by atoms with E-state index in [0.29, 0.717) is 11.4 Å². The molecule has 86 valence electrons. The van der Waals surface area contributed by atoms with Crippen molar-refractivity contribution in [1.82, 2.24) is 0 Å². The monoisotopic (exact) mass is 229 g/mol. The van der Waals surface area contributed by atoms with E-state index >= 15 is 0 Å². The highest BCUT2D eigenvalue weighted by Gasteiger charge is 2.04. The standard InChI is InChI=1S/C13H12FN3/c14-11-6-4-5-10(9-11)13(17-15)16-12-7-2-1-3-8-12/h1-9H,15H2,(H,16,17). The highest BCUT2D eigenvalue weighted by atomic mass is 19.1. The Bertz CT molecular complexity index is 523. The van der Waals surface area contributed by atoms with Crippen molar-refractivity contribution in [3.63, 3.8) is 0 Å². The van der Waals surface area contributed by atoms with Crippen LogP contribution in [-0.4, -0.2) is 5.84 Å². The summed E-state index contributed by atoms with van der Waals surface area (Å²) in [5.74, 6) is 5.41. The minimum Gasteiger partial charge on any atom is -0.338 e. The number of hydrazone groups is 1. The van der Waals surface area contributed by atoms with E-state index in [1.807, 2.05) is 30.3 Å². The number of nitrogens with zero attached hydrogens (tertiary/aromatic N) is 1. The molecule has 2 aromatic carbocycles. The molecule has 2 rings (SSSR count). The van der Waals surface area contributed by atoms with Gasteiger partial charge in [-0.15, -0.1) is 0 Å². The van der Waals surface area contributed by atoms with Crippen LogP contribution < -0.4 is 11.2 Å². The molecule has 0 aromatic heterocycles. The number of nitrogens with two attached hydrogens (primary N) is 1. The highest BCUT2D eigenvalue weighted by Crippen LogP contribution is 2.10. The van der Waals surface area contributed by atoms with Gasteiger partial charge in [-0.05, 0) is 24.3 Å². The first kappa shape index (κ1) is 11.1. The van der Waals surface area contributed by atoms with Crippen LogP contribution in [0.4, 0.5) is 10.1 Å². The van der Waals surface area contributed by atoms with E-state index in [4.69, 9.17) is 5.84 Å². The largest absolute Gasteiger partial charge is 0.338 e. The third-order valence-corrected chi connectivity index (χ3v) is 2.26. The fourth-order valence-electron chi connectivity index (χ4n) is 1.47. The van der Waals surface area contributed by atoms with Crippen molar-refractivity contribution >= 4 is 11.5 Å². The van der Waals surface area contributed by atoms with Gasteiger partial charge in [0.2, 0.25) is 0 Å². The third-order valence-electron chi connectivity index (χ3n) is 2.26. The van der Waals surface area contributed by atoms with E-state index in [1.165, 1.54) is 12.1 Å². The molecule has 0 bridgehead atoms. The van der Waals surface area contributed by atoms with Crippen molar-refractivity contribution in [2.75, 3.05) is 5.32 Å². The number of rotatable bonds is 2. The van der Waals surface area contributed by atoms with Crippen molar-refractivity contribution < 1.29 is 4.39 Å². The lowest BCUT2D eigenvalue weighted by Gasteiger charge is -2.08. The van der Waals surface area contributed by atoms with Crippen LogP contribution >= 0.6 is 0 Å². The topological polar surface area (TPSA) is 50.4 Å². The van der Waals surface area contributed by atoms with Crippen LogP contribution in [0.3, 0.4) is 0 Å². The summed E-state index contributed by atoms with van der Waals surface area (Å²) in [5.41, 5.74) is 1.46. The zero-order valence-electron chi connectivity index (χ0n) is 9.10. The molecule has 0 aliphatic carbocycles. The van der Waals surface area contributed by atoms with Gasteiger partial charge in [0.05, 0.1) is 0 Å². The first-order valence-corrected chi connectivity index (χ1v) is 5.15. The van der Waals surface area contributed by atoms with Crippen molar-refractivity contribution in [2.24, 2.45) is 10.9 Å². The number of amidine groups is 1. The molecule has 4 heteroatoms. The van der Waals surface area contributed by atoms with E-state index in [2.05, 4.69) is 10.4 Å². The highest BCUT2D eigenvalue weighted by molar-refractivity contribution is 6.08. The number of anilines is 1. The Balaban J connectivity index is 2.24. The number of benzene rings is 2. The summed E-state index contributed by atoms with van der Waals surface area (Å²) in [4.78, 5) is 0. The lowest BCUT2D eigenvalue weighted by atomic mass is 10.2. The Morgan fingerprint density at radius 1 is 1.06 bits per heavy atom. The Kier molecular flexibility index (Phi) is 3.35. The maximum absolute atomic E-state index is 13.1. The summed E-state index contributed by atoms with van der Waals surface area (Å²) in [6.45, 7) is 0. The van der Waals surface area contributed by atoms with Crippen LogP contribution in [0.15, 0.2) is 59.7 Å². The van der Waals surface area contributed by atoms with Gasteiger partial charge in [0.1, 0.15) is 5.82 Å². The molecule has 0 spiro atoms. The predicted molar refractivity (Wildman–Crippen MR) is 67.2 cm³/mol. The lowest BCUT2D eigenvalue weighted by Crippen LogP contribution is -2.15. The minimum absolute atomic E-state index is 0.321. The van der Waals surface area contributed by atoms with Crippen molar-refractivity contribution in [3.05, 3.63) is 66.0 Å². The fraction of sp³-hybridized carbons (Fsp3) is 0. The van der Waals surface area contributed by atoms with Gasteiger partial charge in [-0.3, -0.25) is 0 Å². The van der Waals surface area contributed by atoms with Crippen LogP contribution in [0, 0.1) is 5.82 Å². The van der Waals surface area contributed by atoms with E-state index in [0.717, 1.165) is 5.69 Å². The van der Waals surface area contributed by atoms with Crippen molar-refractivity contribution in [3.8, 4) is 0 Å². The molecular formula is C13H12FN3. The number of hydrogen-bond donors (Lipinski definition) is 2. The second kappa shape index (κ2) is 5.12. The Labute approximate surface area is 98.8 Å². The molecule has 0 saturated carbocycles. The van der Waals surface area contributed by atoms with E-state index in [9.17, 15) is 4.39 Å². The molecule has 0 aliphatic heterocycles. The van der Waals surface area contributed by atoms with Gasteiger partial charge in [-0.1, -0.05) is 30.3 Å². The number of halogens is 1. The predicted octanol–water partition coefficient (Wildman–Crippen LogP) is 2.56. The molecule has 3 N–H and O–H groups in total. The first-order valence-electron chi connectivity index (χ1n) is 5.15. The Hall–Kier alpha value is -2.36. The molecule has 0 atom stereocenters. The summed E-state index contributed by atoms with van der Waals surface area (Å²) in [6.07, 6.45) is 0. The average molecular weight is 229 g/mol. The Morgan fingerprint density at radius 2 is 1.82 bits per heavy atom. The summed E-state index contributed by atoms with van der Waals surface area (Å²) in [5, 5.41) is 6.66. The molecule has 0 radical (unpaired) electrons. The first-order chi connectivity index (χ1) is 8.29. The van der Waals surface area contributed by atoms with Gasteiger partial charge in [0.25, 0.3) is 0 Å².